The van der Waals surface area contributed by atoms with Crippen molar-refractivity contribution in [3.63, 3.8) is 0 Å². The van der Waals surface area contributed by atoms with Gasteiger partial charge in [0.25, 0.3) is 0 Å². The molecular formula is C23H37N3S2. The Kier molecular flexibility index (Phi) is 11.6. The van der Waals surface area contributed by atoms with Crippen LogP contribution in [0.2, 0.25) is 0 Å². The third-order valence-electron chi connectivity index (χ3n) is 5.19. The van der Waals surface area contributed by atoms with Gasteiger partial charge in [-0.1, -0.05) is 101 Å². The van der Waals surface area contributed by atoms with E-state index in [2.05, 4.69) is 52.9 Å². The van der Waals surface area contributed by atoms with Gasteiger partial charge in [0.2, 0.25) is 0 Å². The minimum atomic E-state index is 0.00371. The second kappa shape index (κ2) is 14.0. The Morgan fingerprint density at radius 3 is 2.11 bits per heavy atom. The number of aryl methyl sites for hydroxylation is 1. The Hall–Kier alpha value is -1.07. The van der Waals surface area contributed by atoms with Gasteiger partial charge in [-0.3, -0.25) is 9.73 Å². The van der Waals surface area contributed by atoms with Crippen molar-refractivity contribution in [3.05, 3.63) is 29.8 Å². The van der Waals surface area contributed by atoms with Crippen molar-refractivity contribution in [3.8, 4) is 0 Å². The third-order valence-corrected chi connectivity index (χ3v) is 6.57. The number of thiocarbonyl (C=S) groups is 1. The number of benzene rings is 1. The molecule has 5 heteroatoms. The zero-order valence-electron chi connectivity index (χ0n) is 17.7. The number of nitrogens with one attached hydrogen (secondary N) is 1. The molecule has 1 aliphatic heterocycles. The maximum Gasteiger partial charge on any atom is 0.156 e. The number of unbranched alkanes of at least 4 members (excludes halogenated alkanes) is 10. The molecule has 0 bridgehead atoms. The first-order valence-electron chi connectivity index (χ1n) is 11.1. The van der Waals surface area contributed by atoms with Crippen LogP contribution in [0.3, 0.4) is 0 Å². The molecule has 1 aliphatic rings. The standard InChI is InChI=1S/C23H37N3S2/c1-3-4-5-6-7-8-9-10-11-12-13-14-22-24-25-23(19-27)26(22)28-21-17-15-20(2)16-18-21/h15-19,23,25H,3-14H2,1-2H3. The molecule has 0 radical (unpaired) electrons. The molecule has 1 aromatic rings. The van der Waals surface area contributed by atoms with Crippen molar-refractivity contribution in [2.45, 2.75) is 102 Å². The molecule has 2 rings (SSSR count). The van der Waals surface area contributed by atoms with Gasteiger partial charge in [0, 0.05) is 16.7 Å². The van der Waals surface area contributed by atoms with Crippen LogP contribution >= 0.6 is 24.2 Å². The third kappa shape index (κ3) is 8.52. The lowest BCUT2D eigenvalue weighted by Gasteiger charge is -2.23. The summed E-state index contributed by atoms with van der Waals surface area (Å²) in [4.78, 5) is 1.22. The molecule has 0 fully saturated rings. The summed E-state index contributed by atoms with van der Waals surface area (Å²) < 4.78 is 2.23. The SMILES string of the molecule is CCCCCCCCCCCCCC1=NNC(C=S)N1Sc1ccc(C)cc1. The van der Waals surface area contributed by atoms with Crippen LogP contribution < -0.4 is 5.43 Å². The van der Waals surface area contributed by atoms with Gasteiger partial charge in [-0.15, -0.1) is 0 Å². The predicted octanol–water partition coefficient (Wildman–Crippen LogP) is 7.25. The molecule has 0 amide bonds. The van der Waals surface area contributed by atoms with Crippen molar-refractivity contribution in [2.24, 2.45) is 5.10 Å². The van der Waals surface area contributed by atoms with E-state index in [4.69, 9.17) is 12.2 Å². The maximum atomic E-state index is 5.19. The number of hydrogen-bond acceptors (Lipinski definition) is 5. The molecule has 1 heterocycles. The molecule has 3 nitrogen and oxygen atoms in total. The summed E-state index contributed by atoms with van der Waals surface area (Å²) in [5.41, 5.74) is 4.44. The lowest BCUT2D eigenvalue weighted by Crippen LogP contribution is -2.35. The molecule has 0 saturated heterocycles. The second-order valence-electron chi connectivity index (χ2n) is 7.75. The highest BCUT2D eigenvalue weighted by atomic mass is 32.2. The molecule has 0 aromatic heterocycles. The molecule has 1 atom stereocenters. The Morgan fingerprint density at radius 2 is 1.54 bits per heavy atom. The number of amidine groups is 1. The van der Waals surface area contributed by atoms with Crippen LogP contribution in [0.25, 0.3) is 0 Å². The highest BCUT2D eigenvalue weighted by Gasteiger charge is 2.26. The van der Waals surface area contributed by atoms with Gasteiger partial charge in [0.1, 0.15) is 5.84 Å². The topological polar surface area (TPSA) is 27.6 Å². The lowest BCUT2D eigenvalue weighted by atomic mass is 10.1. The van der Waals surface area contributed by atoms with Gasteiger partial charge in [-0.25, -0.2) is 0 Å². The molecule has 0 saturated carbocycles. The van der Waals surface area contributed by atoms with E-state index < -0.39 is 0 Å². The Morgan fingerprint density at radius 1 is 0.964 bits per heavy atom. The number of hydrazone groups is 1. The summed E-state index contributed by atoms with van der Waals surface area (Å²) >= 11 is 6.92. The van der Waals surface area contributed by atoms with Crippen LogP contribution in [0.4, 0.5) is 0 Å². The van der Waals surface area contributed by atoms with Gasteiger partial charge in [-0.2, -0.15) is 5.10 Å². The minimum Gasteiger partial charge on any atom is -0.281 e. The smallest absolute Gasteiger partial charge is 0.156 e. The summed E-state index contributed by atoms with van der Waals surface area (Å²) in [7, 11) is 0. The molecule has 1 N–H and O–H groups in total. The van der Waals surface area contributed by atoms with Gasteiger partial charge in [0.15, 0.2) is 6.17 Å². The average Bonchev–Trinajstić information content (AvgIpc) is 3.09. The highest BCUT2D eigenvalue weighted by molar-refractivity contribution is 7.97. The van der Waals surface area contributed by atoms with Crippen LogP contribution in [0.5, 0.6) is 0 Å². The van der Waals surface area contributed by atoms with Crippen LogP contribution in [0, 0.1) is 6.92 Å². The van der Waals surface area contributed by atoms with Crippen LogP contribution in [-0.4, -0.2) is 21.7 Å². The van der Waals surface area contributed by atoms with Crippen LogP contribution in [0.15, 0.2) is 34.3 Å². The number of nitrogens with zero attached hydrogens (tertiary/aromatic N) is 2. The zero-order chi connectivity index (χ0) is 20.0. The maximum absolute atomic E-state index is 5.19. The van der Waals surface area contributed by atoms with Crippen molar-refractivity contribution in [1.82, 2.24) is 9.73 Å². The van der Waals surface area contributed by atoms with Crippen molar-refractivity contribution < 1.29 is 0 Å². The van der Waals surface area contributed by atoms with E-state index in [0.29, 0.717) is 0 Å². The molecule has 156 valence electrons. The van der Waals surface area contributed by atoms with E-state index >= 15 is 0 Å². The quantitative estimate of drug-likeness (QED) is 0.184. The largest absolute Gasteiger partial charge is 0.281 e. The number of hydrogen-bond donors (Lipinski definition) is 1. The fourth-order valence-corrected chi connectivity index (χ4v) is 4.63. The van der Waals surface area contributed by atoms with E-state index in [1.807, 2.05) is 0 Å². The van der Waals surface area contributed by atoms with Gasteiger partial charge in [0.05, 0.1) is 0 Å². The van der Waals surface area contributed by atoms with Crippen molar-refractivity contribution in [1.29, 1.82) is 0 Å². The highest BCUT2D eigenvalue weighted by Crippen LogP contribution is 2.28. The normalized spacial score (nSPS) is 16.1. The summed E-state index contributed by atoms with van der Waals surface area (Å²) in [6.45, 7) is 4.40. The monoisotopic (exact) mass is 419 g/mol. The van der Waals surface area contributed by atoms with E-state index in [-0.39, 0.29) is 6.17 Å². The second-order valence-corrected chi connectivity index (χ2v) is 9.07. The summed E-state index contributed by atoms with van der Waals surface area (Å²) in [6.07, 6.45) is 16.1. The molecule has 1 unspecified atom stereocenters. The summed E-state index contributed by atoms with van der Waals surface area (Å²) in [6, 6.07) is 8.63. The van der Waals surface area contributed by atoms with Gasteiger partial charge >= 0.3 is 0 Å². The first-order chi connectivity index (χ1) is 13.7. The van der Waals surface area contributed by atoms with E-state index in [9.17, 15) is 0 Å². The van der Waals surface area contributed by atoms with E-state index in [1.54, 1.807) is 17.3 Å². The minimum absolute atomic E-state index is 0.00371. The Bertz CT molecular complexity index is 586. The molecular weight excluding hydrogens is 382 g/mol. The molecule has 28 heavy (non-hydrogen) atoms. The van der Waals surface area contributed by atoms with E-state index in [1.165, 1.54) is 81.1 Å². The zero-order valence-corrected chi connectivity index (χ0v) is 19.3. The summed E-state index contributed by atoms with van der Waals surface area (Å²) in [5, 5.41) is 6.30. The number of rotatable bonds is 15. The van der Waals surface area contributed by atoms with Crippen LogP contribution in [-0.2, 0) is 0 Å². The van der Waals surface area contributed by atoms with Gasteiger partial charge in [-0.05, 0) is 37.4 Å². The first kappa shape index (κ1) is 23.2. The van der Waals surface area contributed by atoms with Crippen LogP contribution in [0.1, 0.15) is 89.5 Å². The predicted molar refractivity (Wildman–Crippen MR) is 128 cm³/mol. The Labute approximate surface area is 181 Å². The fourth-order valence-electron chi connectivity index (χ4n) is 3.42. The van der Waals surface area contributed by atoms with Crippen molar-refractivity contribution in [2.75, 3.05) is 0 Å². The van der Waals surface area contributed by atoms with E-state index in [0.717, 1.165) is 12.3 Å². The average molecular weight is 420 g/mol. The van der Waals surface area contributed by atoms with Crippen molar-refractivity contribution >= 4 is 35.4 Å². The summed E-state index contributed by atoms with van der Waals surface area (Å²) in [5.74, 6) is 1.12. The lowest BCUT2D eigenvalue weighted by molar-refractivity contribution is 0.544. The first-order valence-corrected chi connectivity index (χ1v) is 12.3. The van der Waals surface area contributed by atoms with Gasteiger partial charge < -0.3 is 0 Å². The fraction of sp³-hybridized carbons (Fsp3) is 0.652. The molecule has 0 spiro atoms. The molecule has 0 aliphatic carbocycles. The Balaban J connectivity index is 1.61. The molecule has 1 aromatic carbocycles.